The monoisotopic (exact) mass is 255 g/mol. The molecule has 104 valence electrons. The van der Waals surface area contributed by atoms with E-state index in [1.807, 2.05) is 6.92 Å². The van der Waals surface area contributed by atoms with Crippen LogP contribution in [-0.4, -0.2) is 38.0 Å². The van der Waals surface area contributed by atoms with E-state index in [-0.39, 0.29) is 11.8 Å². The number of carbonyl (C=O) groups excluding carboxylic acids is 2. The van der Waals surface area contributed by atoms with Crippen molar-refractivity contribution in [3.63, 3.8) is 0 Å². The van der Waals surface area contributed by atoms with E-state index in [2.05, 4.69) is 16.0 Å². The van der Waals surface area contributed by atoms with Gasteiger partial charge in [-0.2, -0.15) is 0 Å². The summed E-state index contributed by atoms with van der Waals surface area (Å²) >= 11 is 0. The van der Waals surface area contributed by atoms with Crippen LogP contribution in [0.3, 0.4) is 0 Å². The third-order valence-electron chi connectivity index (χ3n) is 3.23. The molecule has 0 aliphatic carbocycles. The Hall–Kier alpha value is -1.10. The lowest BCUT2D eigenvalue weighted by molar-refractivity contribution is -0.122. The molecule has 1 saturated heterocycles. The number of hydrogen-bond donors (Lipinski definition) is 3. The molecule has 1 aliphatic rings. The molecule has 1 aliphatic heterocycles. The first-order valence-electron chi connectivity index (χ1n) is 6.96. The Morgan fingerprint density at radius 1 is 1.22 bits per heavy atom. The van der Waals surface area contributed by atoms with Crippen LogP contribution < -0.4 is 16.0 Å². The normalized spacial score (nSPS) is 19.3. The van der Waals surface area contributed by atoms with E-state index >= 15 is 0 Å². The molecule has 1 unspecified atom stereocenters. The smallest absolute Gasteiger partial charge is 0.221 e. The van der Waals surface area contributed by atoms with Crippen LogP contribution >= 0.6 is 0 Å². The minimum atomic E-state index is -0.00530. The van der Waals surface area contributed by atoms with Crippen molar-refractivity contribution in [1.82, 2.24) is 16.0 Å². The Morgan fingerprint density at radius 3 is 2.67 bits per heavy atom. The highest BCUT2D eigenvalue weighted by molar-refractivity contribution is 5.78. The first kappa shape index (κ1) is 15.0. The van der Waals surface area contributed by atoms with Crippen LogP contribution in [0.15, 0.2) is 0 Å². The maximum atomic E-state index is 11.6. The van der Waals surface area contributed by atoms with E-state index in [1.165, 1.54) is 12.8 Å². The Morgan fingerprint density at radius 2 is 2.00 bits per heavy atom. The molecule has 2 amide bonds. The van der Waals surface area contributed by atoms with E-state index in [9.17, 15) is 9.59 Å². The summed E-state index contributed by atoms with van der Waals surface area (Å²) in [6.07, 6.45) is 4.31. The zero-order chi connectivity index (χ0) is 13.2. The summed E-state index contributed by atoms with van der Waals surface area (Å²) in [4.78, 5) is 22.7. The molecule has 5 nitrogen and oxygen atoms in total. The van der Waals surface area contributed by atoms with Crippen molar-refractivity contribution in [2.75, 3.05) is 26.2 Å². The topological polar surface area (TPSA) is 70.2 Å². The fourth-order valence-corrected chi connectivity index (χ4v) is 2.19. The van der Waals surface area contributed by atoms with Crippen molar-refractivity contribution in [3.05, 3.63) is 0 Å². The molecule has 1 fully saturated rings. The Kier molecular flexibility index (Phi) is 7.41. The summed E-state index contributed by atoms with van der Waals surface area (Å²) in [5, 5.41) is 8.84. The number of hydrogen-bond acceptors (Lipinski definition) is 3. The molecule has 0 saturated carbocycles. The van der Waals surface area contributed by atoms with Gasteiger partial charge < -0.3 is 16.0 Å². The first-order valence-corrected chi connectivity index (χ1v) is 6.96. The zero-order valence-electron chi connectivity index (χ0n) is 11.3. The third-order valence-corrected chi connectivity index (χ3v) is 3.23. The standard InChI is InChI=1S/C13H25N3O2/c1-2-15-13(18)7-9-16-12(17)6-5-11-4-3-8-14-10-11/h11,14H,2-10H2,1H3,(H,15,18)(H,16,17). The molecule has 0 radical (unpaired) electrons. The van der Waals surface area contributed by atoms with Gasteiger partial charge in [-0.05, 0) is 45.2 Å². The van der Waals surface area contributed by atoms with Gasteiger partial charge >= 0.3 is 0 Å². The predicted octanol–water partition coefficient (Wildman–Crippen LogP) is 0.409. The third kappa shape index (κ3) is 6.59. The van der Waals surface area contributed by atoms with Crippen LogP contribution in [0.1, 0.15) is 39.0 Å². The van der Waals surface area contributed by atoms with E-state index in [1.54, 1.807) is 0 Å². The Balaban J connectivity index is 2.01. The fourth-order valence-electron chi connectivity index (χ4n) is 2.19. The van der Waals surface area contributed by atoms with Crippen molar-refractivity contribution in [3.8, 4) is 0 Å². The second kappa shape index (κ2) is 8.91. The molecule has 1 atom stereocenters. The molecule has 5 heteroatoms. The van der Waals surface area contributed by atoms with Gasteiger partial charge in [-0.1, -0.05) is 0 Å². The second-order valence-corrected chi connectivity index (χ2v) is 4.80. The number of nitrogens with one attached hydrogen (secondary N) is 3. The molecule has 0 aromatic carbocycles. The molecular weight excluding hydrogens is 230 g/mol. The van der Waals surface area contributed by atoms with Gasteiger partial charge in [0.2, 0.25) is 11.8 Å². The molecule has 0 aromatic rings. The maximum Gasteiger partial charge on any atom is 0.221 e. The van der Waals surface area contributed by atoms with E-state index in [0.29, 0.717) is 31.8 Å². The van der Waals surface area contributed by atoms with Crippen LogP contribution in [0.2, 0.25) is 0 Å². The Bertz CT molecular complexity index is 263. The van der Waals surface area contributed by atoms with Crippen molar-refractivity contribution in [1.29, 1.82) is 0 Å². The molecular formula is C13H25N3O2. The highest BCUT2D eigenvalue weighted by Gasteiger charge is 2.14. The predicted molar refractivity (Wildman–Crippen MR) is 71.1 cm³/mol. The van der Waals surface area contributed by atoms with Gasteiger partial charge in [-0.3, -0.25) is 9.59 Å². The molecule has 1 rings (SSSR count). The highest BCUT2D eigenvalue weighted by Crippen LogP contribution is 2.15. The van der Waals surface area contributed by atoms with Gasteiger partial charge in [0.25, 0.3) is 0 Å². The Labute approximate surface area is 109 Å². The van der Waals surface area contributed by atoms with Crippen LogP contribution in [0, 0.1) is 5.92 Å². The van der Waals surface area contributed by atoms with Crippen LogP contribution in [0.25, 0.3) is 0 Å². The van der Waals surface area contributed by atoms with Crippen molar-refractivity contribution >= 4 is 11.8 Å². The number of rotatable bonds is 7. The molecule has 18 heavy (non-hydrogen) atoms. The van der Waals surface area contributed by atoms with E-state index in [0.717, 1.165) is 19.5 Å². The average molecular weight is 255 g/mol. The summed E-state index contributed by atoms with van der Waals surface area (Å²) in [6.45, 7) is 5.10. The minimum Gasteiger partial charge on any atom is -0.356 e. The summed E-state index contributed by atoms with van der Waals surface area (Å²) in [5.41, 5.74) is 0. The largest absolute Gasteiger partial charge is 0.356 e. The molecule has 0 spiro atoms. The minimum absolute atomic E-state index is 0.00530. The average Bonchev–Trinajstić information content (AvgIpc) is 2.38. The van der Waals surface area contributed by atoms with Crippen molar-refractivity contribution < 1.29 is 9.59 Å². The van der Waals surface area contributed by atoms with Gasteiger partial charge in [0, 0.05) is 25.9 Å². The lowest BCUT2D eigenvalue weighted by atomic mass is 9.94. The van der Waals surface area contributed by atoms with E-state index < -0.39 is 0 Å². The molecule has 0 bridgehead atoms. The van der Waals surface area contributed by atoms with Crippen LogP contribution in [0.4, 0.5) is 0 Å². The fraction of sp³-hybridized carbons (Fsp3) is 0.846. The summed E-state index contributed by atoms with van der Waals surface area (Å²) in [7, 11) is 0. The van der Waals surface area contributed by atoms with E-state index in [4.69, 9.17) is 0 Å². The van der Waals surface area contributed by atoms with Crippen molar-refractivity contribution in [2.45, 2.75) is 39.0 Å². The first-order chi connectivity index (χ1) is 8.72. The van der Waals surface area contributed by atoms with Gasteiger partial charge in [0.05, 0.1) is 0 Å². The van der Waals surface area contributed by atoms with Crippen LogP contribution in [-0.2, 0) is 9.59 Å². The lowest BCUT2D eigenvalue weighted by Gasteiger charge is -2.22. The summed E-state index contributed by atoms with van der Waals surface area (Å²) < 4.78 is 0. The van der Waals surface area contributed by atoms with Crippen molar-refractivity contribution in [2.24, 2.45) is 5.92 Å². The molecule has 1 heterocycles. The van der Waals surface area contributed by atoms with Gasteiger partial charge in [0.1, 0.15) is 0 Å². The summed E-state index contributed by atoms with van der Waals surface area (Å²) in [5.74, 6) is 0.687. The van der Waals surface area contributed by atoms with Gasteiger partial charge in [-0.25, -0.2) is 0 Å². The second-order valence-electron chi connectivity index (χ2n) is 4.80. The summed E-state index contributed by atoms with van der Waals surface area (Å²) in [6, 6.07) is 0. The number of carbonyl (C=O) groups is 2. The molecule has 0 aromatic heterocycles. The zero-order valence-corrected chi connectivity index (χ0v) is 11.3. The highest BCUT2D eigenvalue weighted by atomic mass is 16.2. The maximum absolute atomic E-state index is 11.6. The molecule has 3 N–H and O–H groups in total. The lowest BCUT2D eigenvalue weighted by Crippen LogP contribution is -2.32. The number of amides is 2. The SMILES string of the molecule is CCNC(=O)CCNC(=O)CCC1CCCNC1. The van der Waals surface area contributed by atoms with Gasteiger partial charge in [0.15, 0.2) is 0 Å². The van der Waals surface area contributed by atoms with Crippen LogP contribution in [0.5, 0.6) is 0 Å². The quantitative estimate of drug-likeness (QED) is 0.617. The van der Waals surface area contributed by atoms with Gasteiger partial charge in [-0.15, -0.1) is 0 Å². The number of piperidine rings is 1.